The molecule has 1 aromatic rings. The number of halogens is 2. The van der Waals surface area contributed by atoms with Crippen molar-refractivity contribution in [2.45, 2.75) is 12.6 Å². The Hall–Kier alpha value is -2.12. The quantitative estimate of drug-likeness (QED) is 0.746. The van der Waals surface area contributed by atoms with E-state index in [0.29, 0.717) is 21.4 Å². The van der Waals surface area contributed by atoms with Crippen LogP contribution in [0.3, 0.4) is 0 Å². The standard InChI is InChI=1S/C15H15Cl2N4O3/c1-19-12-11(13(22)20(2)15(19)23)21(14(18-12)24-3)7-8-9(16)5-4-6-10(8)17/h4-6,11H,7H2,1-3H3/q+1. The van der Waals surface area contributed by atoms with E-state index in [0.717, 1.165) is 4.90 Å². The Kier molecular flexibility index (Phi) is 4.23. The van der Waals surface area contributed by atoms with Crippen LogP contribution in [0, 0.1) is 0 Å². The smallest absolute Gasteiger partial charge is 0.432 e. The molecule has 2 aliphatic heterocycles. The first-order valence-corrected chi connectivity index (χ1v) is 7.86. The zero-order valence-corrected chi connectivity index (χ0v) is 14.8. The highest BCUT2D eigenvalue weighted by molar-refractivity contribution is 6.36. The van der Waals surface area contributed by atoms with Gasteiger partial charge in [0.1, 0.15) is 6.54 Å². The Morgan fingerprint density at radius 2 is 1.83 bits per heavy atom. The van der Waals surface area contributed by atoms with Crippen molar-refractivity contribution >= 4 is 47.0 Å². The maximum absolute atomic E-state index is 12.6. The first-order chi connectivity index (χ1) is 11.4. The van der Waals surface area contributed by atoms with Gasteiger partial charge in [0.15, 0.2) is 0 Å². The Balaban J connectivity index is 2.05. The van der Waals surface area contributed by atoms with Crippen LogP contribution < -0.4 is 0 Å². The lowest BCUT2D eigenvalue weighted by atomic mass is 10.1. The van der Waals surface area contributed by atoms with Gasteiger partial charge in [-0.05, 0) is 12.1 Å². The number of amidine groups is 2. The van der Waals surface area contributed by atoms with Crippen molar-refractivity contribution in [3.8, 4) is 0 Å². The molecule has 0 radical (unpaired) electrons. The van der Waals surface area contributed by atoms with Crippen LogP contribution in [0.2, 0.25) is 10.0 Å². The van der Waals surface area contributed by atoms with Crippen molar-refractivity contribution in [2.24, 2.45) is 4.99 Å². The summed E-state index contributed by atoms with van der Waals surface area (Å²) in [5, 5.41) is 0.958. The van der Waals surface area contributed by atoms with E-state index < -0.39 is 12.1 Å². The predicted molar refractivity (Wildman–Crippen MR) is 89.6 cm³/mol. The van der Waals surface area contributed by atoms with Gasteiger partial charge < -0.3 is 4.74 Å². The van der Waals surface area contributed by atoms with Crippen LogP contribution in [0.15, 0.2) is 23.2 Å². The molecule has 3 amide bonds. The number of fused-ring (bicyclic) bond motifs is 1. The summed E-state index contributed by atoms with van der Waals surface area (Å²) in [6.45, 7) is 0.223. The van der Waals surface area contributed by atoms with Crippen molar-refractivity contribution in [1.29, 1.82) is 0 Å². The number of nitrogens with zero attached hydrogens (tertiary/aromatic N) is 4. The second-order valence-electron chi connectivity index (χ2n) is 5.43. The number of carbonyl (C=O) groups excluding carboxylic acids is 2. The molecule has 1 unspecified atom stereocenters. The summed E-state index contributed by atoms with van der Waals surface area (Å²) in [6.07, 6.45) is 0. The van der Waals surface area contributed by atoms with E-state index in [1.165, 1.54) is 19.1 Å². The van der Waals surface area contributed by atoms with Gasteiger partial charge in [-0.3, -0.25) is 14.6 Å². The fourth-order valence-electron chi connectivity index (χ4n) is 2.75. The molecule has 1 aromatic carbocycles. The molecule has 2 heterocycles. The SMILES string of the molecule is COC1=[N+](Cc2c(Cl)cccc2Cl)C2C(=O)N(C)C(=O)N(C)C2=N1. The van der Waals surface area contributed by atoms with Gasteiger partial charge >= 0.3 is 12.1 Å². The number of hydrogen-bond acceptors (Lipinski definition) is 4. The number of methoxy groups -OCH3 is 1. The third kappa shape index (κ3) is 2.44. The van der Waals surface area contributed by atoms with Gasteiger partial charge in [-0.25, -0.2) is 4.79 Å². The summed E-state index contributed by atoms with van der Waals surface area (Å²) >= 11 is 12.5. The van der Waals surface area contributed by atoms with Crippen LogP contribution in [0.4, 0.5) is 4.79 Å². The van der Waals surface area contributed by atoms with E-state index in [-0.39, 0.29) is 18.5 Å². The summed E-state index contributed by atoms with van der Waals surface area (Å²) in [5.74, 6) is -0.0600. The molecule has 0 bridgehead atoms. The lowest BCUT2D eigenvalue weighted by molar-refractivity contribution is -0.558. The minimum atomic E-state index is -0.764. The van der Waals surface area contributed by atoms with E-state index >= 15 is 0 Å². The summed E-state index contributed by atoms with van der Waals surface area (Å²) in [4.78, 5) is 31.4. The van der Waals surface area contributed by atoms with E-state index in [4.69, 9.17) is 27.9 Å². The van der Waals surface area contributed by atoms with Crippen molar-refractivity contribution in [1.82, 2.24) is 9.80 Å². The van der Waals surface area contributed by atoms with Gasteiger partial charge in [0, 0.05) is 34.7 Å². The number of urea groups is 1. The van der Waals surface area contributed by atoms with Gasteiger partial charge in [0.25, 0.3) is 17.8 Å². The summed E-state index contributed by atoms with van der Waals surface area (Å²) in [7, 11) is 4.45. The number of hydrogen-bond donors (Lipinski definition) is 0. The Morgan fingerprint density at radius 3 is 2.42 bits per heavy atom. The molecule has 9 heteroatoms. The third-order valence-electron chi connectivity index (χ3n) is 4.07. The number of amides is 3. The van der Waals surface area contributed by atoms with Gasteiger partial charge in [-0.2, -0.15) is 4.58 Å². The van der Waals surface area contributed by atoms with E-state index in [1.54, 1.807) is 29.8 Å². The van der Waals surface area contributed by atoms with Crippen LogP contribution in [-0.4, -0.2) is 65.4 Å². The topological polar surface area (TPSA) is 65.2 Å². The molecule has 0 saturated carbocycles. The lowest BCUT2D eigenvalue weighted by Crippen LogP contribution is -2.61. The van der Waals surface area contributed by atoms with Gasteiger partial charge in [0.2, 0.25) is 0 Å². The Bertz CT molecular complexity index is 786. The van der Waals surface area contributed by atoms with Gasteiger partial charge in [-0.15, -0.1) is 0 Å². The highest BCUT2D eigenvalue weighted by atomic mass is 35.5. The molecule has 0 N–H and O–H groups in total. The zero-order valence-electron chi connectivity index (χ0n) is 13.3. The maximum atomic E-state index is 12.6. The van der Waals surface area contributed by atoms with Crippen LogP contribution in [-0.2, 0) is 16.1 Å². The average Bonchev–Trinajstić information content (AvgIpc) is 2.93. The van der Waals surface area contributed by atoms with E-state index in [1.807, 2.05) is 0 Å². The predicted octanol–water partition coefficient (Wildman–Crippen LogP) is 1.81. The number of rotatable bonds is 2. The molecule has 24 heavy (non-hydrogen) atoms. The van der Waals surface area contributed by atoms with Crippen molar-refractivity contribution in [3.05, 3.63) is 33.8 Å². The number of aliphatic imine (C=N–C) groups is 1. The second kappa shape index (κ2) is 6.07. The van der Waals surface area contributed by atoms with Crippen LogP contribution in [0.25, 0.3) is 0 Å². The van der Waals surface area contributed by atoms with Crippen LogP contribution in [0.5, 0.6) is 0 Å². The Labute approximate surface area is 148 Å². The molecule has 1 fully saturated rings. The van der Waals surface area contributed by atoms with Crippen LogP contribution >= 0.6 is 23.2 Å². The zero-order chi connectivity index (χ0) is 17.6. The fraction of sp³-hybridized carbons (Fsp3) is 0.333. The van der Waals surface area contributed by atoms with Crippen molar-refractivity contribution in [2.75, 3.05) is 21.2 Å². The van der Waals surface area contributed by atoms with Crippen molar-refractivity contribution in [3.63, 3.8) is 0 Å². The third-order valence-corrected chi connectivity index (χ3v) is 4.78. The minimum absolute atomic E-state index is 0.223. The van der Waals surface area contributed by atoms with E-state index in [9.17, 15) is 9.59 Å². The largest absolute Gasteiger partial charge is 0.496 e. The molecule has 126 valence electrons. The van der Waals surface area contributed by atoms with E-state index in [2.05, 4.69) is 4.99 Å². The molecule has 1 saturated heterocycles. The molecular weight excluding hydrogens is 355 g/mol. The summed E-state index contributed by atoms with van der Waals surface area (Å²) in [5.41, 5.74) is 0.654. The molecule has 3 rings (SSSR count). The highest BCUT2D eigenvalue weighted by Gasteiger charge is 2.54. The first kappa shape index (κ1) is 16.7. The van der Waals surface area contributed by atoms with Crippen molar-refractivity contribution < 1.29 is 18.9 Å². The summed E-state index contributed by atoms with van der Waals surface area (Å²) < 4.78 is 6.94. The van der Waals surface area contributed by atoms with Gasteiger partial charge in [-0.1, -0.05) is 29.3 Å². The fourth-order valence-corrected chi connectivity index (χ4v) is 3.27. The number of imide groups is 1. The normalized spacial score (nSPS) is 20.5. The minimum Gasteiger partial charge on any atom is -0.432 e. The number of carbonyl (C=O) groups is 2. The molecule has 0 spiro atoms. The lowest BCUT2D eigenvalue weighted by Gasteiger charge is -2.30. The molecule has 1 atom stereocenters. The first-order valence-electron chi connectivity index (χ1n) is 7.11. The highest BCUT2D eigenvalue weighted by Crippen LogP contribution is 2.28. The molecule has 2 aliphatic rings. The maximum Gasteiger partial charge on any atom is 0.496 e. The number of benzene rings is 1. The molecule has 7 nitrogen and oxygen atoms in total. The monoisotopic (exact) mass is 369 g/mol. The average molecular weight is 370 g/mol. The Morgan fingerprint density at radius 1 is 1.21 bits per heavy atom. The molecule has 0 aliphatic carbocycles. The second-order valence-corrected chi connectivity index (χ2v) is 6.24. The molecule has 0 aromatic heterocycles. The van der Waals surface area contributed by atoms with Gasteiger partial charge in [0.05, 0.1) is 7.11 Å². The van der Waals surface area contributed by atoms with Crippen LogP contribution in [0.1, 0.15) is 5.56 Å². The summed E-state index contributed by atoms with van der Waals surface area (Å²) in [6, 6.07) is 4.21. The number of likely N-dealkylation sites (N-methyl/N-ethyl adjacent to an activating group) is 2. The molecular formula is C15H15Cl2N4O3+. The number of ether oxygens (including phenoxy) is 1.